The minimum atomic E-state index is 0.649. The zero-order chi connectivity index (χ0) is 13.8. The van der Waals surface area contributed by atoms with Crippen LogP contribution in [0.5, 0.6) is 0 Å². The molecule has 20 heavy (non-hydrogen) atoms. The lowest BCUT2D eigenvalue weighted by Crippen LogP contribution is -2.43. The summed E-state index contributed by atoms with van der Waals surface area (Å²) in [6, 6.07) is 0.649. The zero-order valence-corrected chi connectivity index (χ0v) is 13.0. The van der Waals surface area contributed by atoms with Crippen molar-refractivity contribution in [2.24, 2.45) is 0 Å². The molecule has 0 amide bonds. The van der Waals surface area contributed by atoms with Gasteiger partial charge in [0.2, 0.25) is 0 Å². The van der Waals surface area contributed by atoms with Crippen molar-refractivity contribution in [1.29, 1.82) is 0 Å². The monoisotopic (exact) mass is 296 g/mol. The minimum Gasteiger partial charge on any atom is -0.378 e. The molecular formula is C14H24N4OS. The predicted molar refractivity (Wildman–Crippen MR) is 82.5 cm³/mol. The molecule has 0 radical (unpaired) electrons. The lowest BCUT2D eigenvalue weighted by atomic mass is 10.1. The number of piperidine rings is 1. The van der Waals surface area contributed by atoms with Crippen LogP contribution in [0.2, 0.25) is 0 Å². The van der Waals surface area contributed by atoms with Crippen LogP contribution in [0, 0.1) is 0 Å². The number of likely N-dealkylation sites (N-methyl/N-ethyl adjacent to an activating group) is 1. The molecule has 0 saturated carbocycles. The van der Waals surface area contributed by atoms with Gasteiger partial charge in [0.1, 0.15) is 0 Å². The molecule has 0 spiro atoms. The van der Waals surface area contributed by atoms with Crippen LogP contribution in [-0.2, 0) is 11.3 Å². The Morgan fingerprint density at radius 3 is 3.05 bits per heavy atom. The summed E-state index contributed by atoms with van der Waals surface area (Å²) in [6.07, 6.45) is 4.65. The van der Waals surface area contributed by atoms with Gasteiger partial charge in [0.15, 0.2) is 5.13 Å². The standard InChI is InChI=1S/C14H24N4OS/c1-15-12-3-2-4-17(10-12)11-13-9-16-14(20-13)18-5-7-19-8-6-18/h9,12,15H,2-8,10-11H2,1H3. The van der Waals surface area contributed by atoms with Crippen LogP contribution in [0.1, 0.15) is 17.7 Å². The van der Waals surface area contributed by atoms with Crippen molar-refractivity contribution >= 4 is 16.5 Å². The van der Waals surface area contributed by atoms with E-state index in [4.69, 9.17) is 4.74 Å². The summed E-state index contributed by atoms with van der Waals surface area (Å²) in [5, 5.41) is 4.56. The topological polar surface area (TPSA) is 40.6 Å². The summed E-state index contributed by atoms with van der Waals surface area (Å²) in [5.41, 5.74) is 0. The van der Waals surface area contributed by atoms with Crippen LogP contribution in [0.25, 0.3) is 0 Å². The number of nitrogens with one attached hydrogen (secondary N) is 1. The largest absolute Gasteiger partial charge is 0.378 e. The number of morpholine rings is 1. The van der Waals surface area contributed by atoms with Crippen LogP contribution in [-0.4, -0.2) is 62.4 Å². The highest BCUT2D eigenvalue weighted by atomic mass is 32.1. The van der Waals surface area contributed by atoms with Gasteiger partial charge in [0.25, 0.3) is 0 Å². The van der Waals surface area contributed by atoms with Crippen molar-refractivity contribution < 1.29 is 4.74 Å². The lowest BCUT2D eigenvalue weighted by Gasteiger charge is -2.32. The second kappa shape index (κ2) is 6.85. The molecule has 2 fully saturated rings. The van der Waals surface area contributed by atoms with Crippen LogP contribution in [0.15, 0.2) is 6.20 Å². The van der Waals surface area contributed by atoms with Gasteiger partial charge in [0, 0.05) is 43.3 Å². The average Bonchev–Trinajstić information content (AvgIpc) is 2.97. The molecule has 6 heteroatoms. The van der Waals surface area contributed by atoms with E-state index in [9.17, 15) is 0 Å². The zero-order valence-electron chi connectivity index (χ0n) is 12.2. The summed E-state index contributed by atoms with van der Waals surface area (Å²) in [5.74, 6) is 0. The van der Waals surface area contributed by atoms with Crippen molar-refractivity contribution in [3.05, 3.63) is 11.1 Å². The summed E-state index contributed by atoms with van der Waals surface area (Å²) < 4.78 is 5.39. The molecule has 1 aromatic rings. The van der Waals surface area contributed by atoms with Gasteiger partial charge in [-0.25, -0.2) is 4.98 Å². The van der Waals surface area contributed by atoms with Gasteiger partial charge in [-0.05, 0) is 26.4 Å². The Morgan fingerprint density at radius 2 is 2.25 bits per heavy atom. The molecule has 5 nitrogen and oxygen atoms in total. The third kappa shape index (κ3) is 3.49. The normalized spacial score (nSPS) is 25.1. The maximum absolute atomic E-state index is 5.39. The number of thiazole rings is 1. The van der Waals surface area contributed by atoms with Crippen molar-refractivity contribution in [3.63, 3.8) is 0 Å². The lowest BCUT2D eigenvalue weighted by molar-refractivity contribution is 0.122. The number of anilines is 1. The predicted octanol–water partition coefficient (Wildman–Crippen LogP) is 1.16. The van der Waals surface area contributed by atoms with Crippen molar-refractivity contribution in [1.82, 2.24) is 15.2 Å². The number of nitrogens with zero attached hydrogens (tertiary/aromatic N) is 3. The number of likely N-dealkylation sites (tertiary alicyclic amines) is 1. The second-order valence-corrected chi connectivity index (χ2v) is 6.67. The molecule has 3 heterocycles. The van der Waals surface area contributed by atoms with Crippen LogP contribution >= 0.6 is 11.3 Å². The summed E-state index contributed by atoms with van der Waals surface area (Å²) in [7, 11) is 2.07. The van der Waals surface area contributed by atoms with Gasteiger partial charge >= 0.3 is 0 Å². The Bertz CT molecular complexity index is 419. The van der Waals surface area contributed by atoms with Gasteiger partial charge in [0.05, 0.1) is 13.2 Å². The fraction of sp³-hybridized carbons (Fsp3) is 0.786. The molecule has 1 aromatic heterocycles. The summed E-state index contributed by atoms with van der Waals surface area (Å²) >= 11 is 1.84. The number of ether oxygens (including phenoxy) is 1. The summed E-state index contributed by atoms with van der Waals surface area (Å²) in [6.45, 7) is 7.00. The van der Waals surface area contributed by atoms with Crippen LogP contribution in [0.4, 0.5) is 5.13 Å². The minimum absolute atomic E-state index is 0.649. The number of rotatable bonds is 4. The highest BCUT2D eigenvalue weighted by molar-refractivity contribution is 7.15. The number of hydrogen-bond donors (Lipinski definition) is 1. The van der Waals surface area contributed by atoms with Gasteiger partial charge in [-0.15, -0.1) is 11.3 Å². The maximum Gasteiger partial charge on any atom is 0.185 e. The second-order valence-electron chi connectivity index (χ2n) is 5.57. The molecule has 0 aliphatic carbocycles. The van der Waals surface area contributed by atoms with E-state index in [2.05, 4.69) is 33.3 Å². The van der Waals surface area contributed by atoms with E-state index < -0.39 is 0 Å². The molecule has 2 aliphatic rings. The van der Waals surface area contributed by atoms with Crippen molar-refractivity contribution in [3.8, 4) is 0 Å². The fourth-order valence-electron chi connectivity index (χ4n) is 2.93. The van der Waals surface area contributed by atoms with Gasteiger partial charge in [-0.2, -0.15) is 0 Å². The van der Waals surface area contributed by atoms with Crippen LogP contribution < -0.4 is 10.2 Å². The van der Waals surface area contributed by atoms with E-state index in [-0.39, 0.29) is 0 Å². The first-order chi connectivity index (χ1) is 9.85. The first-order valence-corrected chi connectivity index (χ1v) is 8.34. The van der Waals surface area contributed by atoms with Crippen molar-refractivity contribution in [2.45, 2.75) is 25.4 Å². The molecule has 3 rings (SSSR count). The third-order valence-corrected chi connectivity index (χ3v) is 5.16. The van der Waals surface area contributed by atoms with Gasteiger partial charge in [-0.1, -0.05) is 0 Å². The molecule has 2 aliphatic heterocycles. The molecule has 1 atom stereocenters. The maximum atomic E-state index is 5.39. The van der Waals surface area contributed by atoms with E-state index in [1.54, 1.807) is 0 Å². The smallest absolute Gasteiger partial charge is 0.185 e. The SMILES string of the molecule is CNC1CCCN(Cc2cnc(N3CCOCC3)s2)C1. The van der Waals surface area contributed by atoms with E-state index >= 15 is 0 Å². The Balaban J connectivity index is 1.56. The van der Waals surface area contributed by atoms with E-state index in [1.165, 1.54) is 24.3 Å². The molecule has 1 N–H and O–H groups in total. The number of aromatic nitrogens is 1. The Kier molecular flexibility index (Phi) is 4.88. The van der Waals surface area contributed by atoms with E-state index in [0.29, 0.717) is 6.04 Å². The highest BCUT2D eigenvalue weighted by Gasteiger charge is 2.20. The van der Waals surface area contributed by atoms with E-state index in [0.717, 1.165) is 44.5 Å². The molecule has 0 aromatic carbocycles. The van der Waals surface area contributed by atoms with Gasteiger partial charge < -0.3 is 15.0 Å². The van der Waals surface area contributed by atoms with Gasteiger partial charge in [-0.3, -0.25) is 4.90 Å². The Morgan fingerprint density at radius 1 is 1.40 bits per heavy atom. The Hall–Kier alpha value is -0.690. The average molecular weight is 296 g/mol. The highest BCUT2D eigenvalue weighted by Crippen LogP contribution is 2.25. The summed E-state index contributed by atoms with van der Waals surface area (Å²) in [4.78, 5) is 10.8. The quantitative estimate of drug-likeness (QED) is 0.903. The first-order valence-electron chi connectivity index (χ1n) is 7.52. The molecular weight excluding hydrogens is 272 g/mol. The fourth-order valence-corrected chi connectivity index (χ4v) is 3.93. The Labute approximate surface area is 124 Å². The first kappa shape index (κ1) is 14.3. The van der Waals surface area contributed by atoms with E-state index in [1.807, 2.05) is 11.3 Å². The van der Waals surface area contributed by atoms with Crippen molar-refractivity contribution in [2.75, 3.05) is 51.3 Å². The molecule has 1 unspecified atom stereocenters. The third-order valence-electron chi connectivity index (χ3n) is 4.12. The molecule has 112 valence electrons. The number of hydrogen-bond acceptors (Lipinski definition) is 6. The van der Waals surface area contributed by atoms with Crippen LogP contribution in [0.3, 0.4) is 0 Å². The molecule has 0 bridgehead atoms. The molecule has 2 saturated heterocycles.